The predicted octanol–water partition coefficient (Wildman–Crippen LogP) is 2.88. The molecule has 2 aromatic carbocycles. The summed E-state index contributed by atoms with van der Waals surface area (Å²) >= 11 is 0. The summed E-state index contributed by atoms with van der Waals surface area (Å²) in [6.07, 6.45) is 5.10. The monoisotopic (exact) mass is 381 g/mol. The number of benzene rings is 2. The van der Waals surface area contributed by atoms with Gasteiger partial charge in [0.25, 0.3) is 0 Å². The smallest absolute Gasteiger partial charge is 0.239 e. The highest BCUT2D eigenvalue weighted by molar-refractivity contribution is 5.91. The molecule has 1 aliphatic rings. The van der Waals surface area contributed by atoms with Crippen molar-refractivity contribution in [3.8, 4) is 0 Å². The van der Waals surface area contributed by atoms with Crippen LogP contribution in [0.2, 0.25) is 0 Å². The maximum absolute atomic E-state index is 12.2. The molecule has 2 aromatic rings. The Labute approximate surface area is 167 Å². The molecule has 5 heteroatoms. The Bertz CT molecular complexity index is 800. The van der Waals surface area contributed by atoms with Gasteiger partial charge in [-0.05, 0) is 49.1 Å². The molecule has 0 bridgehead atoms. The van der Waals surface area contributed by atoms with Crippen LogP contribution in [0.4, 0.5) is 0 Å². The van der Waals surface area contributed by atoms with Gasteiger partial charge in [-0.25, -0.2) is 0 Å². The molecule has 1 aliphatic heterocycles. The van der Waals surface area contributed by atoms with E-state index in [4.69, 9.17) is 0 Å². The summed E-state index contributed by atoms with van der Waals surface area (Å²) in [4.78, 5) is 26.7. The number of rotatable bonds is 8. The number of likely N-dealkylation sites (tertiary alicyclic amines) is 1. The van der Waals surface area contributed by atoms with E-state index >= 15 is 0 Å². The van der Waals surface area contributed by atoms with Gasteiger partial charge < -0.3 is 15.5 Å². The molecule has 0 radical (unpaired) electrons. The van der Waals surface area contributed by atoms with Crippen molar-refractivity contribution >= 4 is 22.6 Å². The first-order valence-corrected chi connectivity index (χ1v) is 10.4. The fourth-order valence-corrected chi connectivity index (χ4v) is 3.92. The lowest BCUT2D eigenvalue weighted by Crippen LogP contribution is -2.41. The largest absolute Gasteiger partial charge is 0.355 e. The van der Waals surface area contributed by atoms with Gasteiger partial charge in [-0.2, -0.15) is 0 Å². The van der Waals surface area contributed by atoms with Gasteiger partial charge in [0, 0.05) is 19.1 Å². The number of hydrogen-bond acceptors (Lipinski definition) is 3. The lowest BCUT2D eigenvalue weighted by molar-refractivity contribution is -0.125. The molecule has 1 heterocycles. The Morgan fingerprint density at radius 2 is 1.86 bits per heavy atom. The van der Waals surface area contributed by atoms with E-state index in [0.717, 1.165) is 29.3 Å². The molecule has 1 fully saturated rings. The third kappa shape index (κ3) is 5.80. The molecule has 1 saturated heterocycles. The maximum Gasteiger partial charge on any atom is 0.239 e. The van der Waals surface area contributed by atoms with E-state index in [9.17, 15) is 9.59 Å². The van der Waals surface area contributed by atoms with Crippen LogP contribution < -0.4 is 10.6 Å². The van der Waals surface area contributed by atoms with Crippen molar-refractivity contribution in [3.63, 3.8) is 0 Å². The predicted molar refractivity (Wildman–Crippen MR) is 113 cm³/mol. The Morgan fingerprint density at radius 1 is 1.04 bits per heavy atom. The highest BCUT2D eigenvalue weighted by atomic mass is 16.2. The van der Waals surface area contributed by atoms with Gasteiger partial charge in [0.15, 0.2) is 0 Å². The van der Waals surface area contributed by atoms with Crippen molar-refractivity contribution < 1.29 is 9.59 Å². The molecule has 0 unspecified atom stereocenters. The van der Waals surface area contributed by atoms with E-state index in [2.05, 4.69) is 22.5 Å². The third-order valence-corrected chi connectivity index (χ3v) is 5.56. The first-order valence-electron chi connectivity index (χ1n) is 10.4. The molecule has 2 N–H and O–H groups in total. The molecule has 0 spiro atoms. The first-order chi connectivity index (χ1) is 13.6. The number of amides is 2. The summed E-state index contributed by atoms with van der Waals surface area (Å²) in [6, 6.07) is 14.6. The maximum atomic E-state index is 12.2. The molecule has 0 saturated carbocycles. The van der Waals surface area contributed by atoms with Crippen LogP contribution in [0.15, 0.2) is 42.5 Å². The average molecular weight is 382 g/mol. The summed E-state index contributed by atoms with van der Waals surface area (Å²) in [5.41, 5.74) is 0.978. The number of carbonyl (C=O) groups is 2. The van der Waals surface area contributed by atoms with Gasteiger partial charge in [0.1, 0.15) is 0 Å². The quantitative estimate of drug-likeness (QED) is 0.691. The fraction of sp³-hybridized carbons (Fsp3) is 0.478. The SMILES string of the molecule is C[C@H]1CCCCN1CCCNC(=O)CNC(=O)Cc1cccc2ccccc12. The topological polar surface area (TPSA) is 61.4 Å². The van der Waals surface area contributed by atoms with E-state index in [-0.39, 0.29) is 24.8 Å². The third-order valence-electron chi connectivity index (χ3n) is 5.56. The fourth-order valence-electron chi connectivity index (χ4n) is 3.92. The molecular formula is C23H31N3O2. The molecule has 2 amide bonds. The molecule has 0 aliphatic carbocycles. The summed E-state index contributed by atoms with van der Waals surface area (Å²) < 4.78 is 0. The van der Waals surface area contributed by atoms with Gasteiger partial charge >= 0.3 is 0 Å². The minimum absolute atomic E-state index is 0.0315. The molecular weight excluding hydrogens is 350 g/mol. The van der Waals surface area contributed by atoms with Crippen molar-refractivity contribution in [1.82, 2.24) is 15.5 Å². The number of hydrogen-bond donors (Lipinski definition) is 2. The van der Waals surface area contributed by atoms with Crippen molar-refractivity contribution in [2.45, 2.75) is 45.1 Å². The van der Waals surface area contributed by atoms with Crippen LogP contribution in [-0.2, 0) is 16.0 Å². The van der Waals surface area contributed by atoms with Crippen LogP contribution in [0, 0.1) is 0 Å². The van der Waals surface area contributed by atoms with Crippen LogP contribution in [0.1, 0.15) is 38.2 Å². The highest BCUT2D eigenvalue weighted by Gasteiger charge is 2.17. The number of carbonyl (C=O) groups excluding carboxylic acids is 2. The molecule has 5 nitrogen and oxygen atoms in total. The lowest BCUT2D eigenvalue weighted by atomic mass is 10.0. The van der Waals surface area contributed by atoms with E-state index in [1.807, 2.05) is 42.5 Å². The zero-order chi connectivity index (χ0) is 19.8. The first kappa shape index (κ1) is 20.3. The van der Waals surface area contributed by atoms with Gasteiger partial charge in [0.05, 0.1) is 13.0 Å². The summed E-state index contributed by atoms with van der Waals surface area (Å²) in [6.45, 7) is 5.16. The Morgan fingerprint density at radius 3 is 2.71 bits per heavy atom. The van der Waals surface area contributed by atoms with Gasteiger partial charge in [-0.15, -0.1) is 0 Å². The second-order valence-corrected chi connectivity index (χ2v) is 7.68. The number of nitrogens with one attached hydrogen (secondary N) is 2. The summed E-state index contributed by atoms with van der Waals surface area (Å²) in [7, 11) is 0. The number of fused-ring (bicyclic) bond motifs is 1. The lowest BCUT2D eigenvalue weighted by Gasteiger charge is -2.33. The standard InChI is InChI=1S/C23H31N3O2/c1-18-8-4-5-14-26(18)15-7-13-24-23(28)17-25-22(27)16-20-11-6-10-19-9-2-3-12-21(19)20/h2-3,6,9-12,18H,4-5,7-8,13-17H2,1H3,(H,24,28)(H,25,27)/t18-/m0/s1. The minimum atomic E-state index is -0.131. The second kappa shape index (κ2) is 10.2. The second-order valence-electron chi connectivity index (χ2n) is 7.68. The normalized spacial score (nSPS) is 17.4. The Kier molecular flexibility index (Phi) is 7.43. The van der Waals surface area contributed by atoms with E-state index < -0.39 is 0 Å². The Balaban J connectivity index is 1.35. The molecule has 28 heavy (non-hydrogen) atoms. The van der Waals surface area contributed by atoms with Crippen LogP contribution in [0.5, 0.6) is 0 Å². The van der Waals surface area contributed by atoms with Gasteiger partial charge in [-0.3, -0.25) is 9.59 Å². The van der Waals surface area contributed by atoms with Crippen molar-refractivity contribution in [2.75, 3.05) is 26.2 Å². The zero-order valence-corrected chi connectivity index (χ0v) is 16.7. The molecule has 150 valence electrons. The zero-order valence-electron chi connectivity index (χ0n) is 16.7. The molecule has 3 rings (SSSR count). The van der Waals surface area contributed by atoms with Crippen LogP contribution >= 0.6 is 0 Å². The van der Waals surface area contributed by atoms with Crippen molar-refractivity contribution in [1.29, 1.82) is 0 Å². The van der Waals surface area contributed by atoms with Crippen LogP contribution in [0.3, 0.4) is 0 Å². The van der Waals surface area contributed by atoms with Gasteiger partial charge in [-0.1, -0.05) is 48.9 Å². The summed E-state index contributed by atoms with van der Waals surface area (Å²) in [5.74, 6) is -0.258. The van der Waals surface area contributed by atoms with Crippen LogP contribution in [-0.4, -0.2) is 48.9 Å². The van der Waals surface area contributed by atoms with E-state index in [1.54, 1.807) is 0 Å². The van der Waals surface area contributed by atoms with Crippen molar-refractivity contribution in [2.24, 2.45) is 0 Å². The number of piperidine rings is 1. The molecule has 1 atom stereocenters. The van der Waals surface area contributed by atoms with Gasteiger partial charge in [0.2, 0.25) is 11.8 Å². The minimum Gasteiger partial charge on any atom is -0.355 e. The number of nitrogens with zero attached hydrogens (tertiary/aromatic N) is 1. The highest BCUT2D eigenvalue weighted by Crippen LogP contribution is 2.19. The Hall–Kier alpha value is -2.40. The van der Waals surface area contributed by atoms with E-state index in [1.165, 1.54) is 25.8 Å². The van der Waals surface area contributed by atoms with E-state index in [0.29, 0.717) is 12.6 Å². The summed E-state index contributed by atoms with van der Waals surface area (Å²) in [5, 5.41) is 7.84. The van der Waals surface area contributed by atoms with Crippen molar-refractivity contribution in [3.05, 3.63) is 48.0 Å². The average Bonchev–Trinajstić information content (AvgIpc) is 2.71. The van der Waals surface area contributed by atoms with Crippen LogP contribution in [0.25, 0.3) is 10.8 Å². The molecule has 0 aromatic heterocycles.